The molecule has 0 fully saturated rings. The average Bonchev–Trinajstić information content (AvgIpc) is 2.29. The fourth-order valence-electron chi connectivity index (χ4n) is 1.37. The summed E-state index contributed by atoms with van der Waals surface area (Å²) in [6.07, 6.45) is 4.72. The van der Waals surface area contributed by atoms with Crippen LogP contribution in [0.15, 0.2) is 64.4 Å². The number of sulfone groups is 1. The maximum atomic E-state index is 12.3. The summed E-state index contributed by atoms with van der Waals surface area (Å²) in [5.41, 5.74) is 2.07. The molecule has 0 saturated heterocycles. The van der Waals surface area contributed by atoms with Gasteiger partial charge >= 0.3 is 0 Å². The number of aryl methyl sites for hydroxylation is 1. The van der Waals surface area contributed by atoms with Crippen LogP contribution in [0.25, 0.3) is 0 Å². The summed E-state index contributed by atoms with van der Waals surface area (Å²) in [5, 5.41) is 0. The Kier molecular flexibility index (Phi) is 4.68. The van der Waals surface area contributed by atoms with Gasteiger partial charge < -0.3 is 0 Å². The first kappa shape index (κ1) is 14.5. The Hall–Kier alpha value is -1.61. The van der Waals surface area contributed by atoms with Gasteiger partial charge in [0.15, 0.2) is 0 Å². The minimum Gasteiger partial charge on any atom is -0.219 e. The molecule has 0 aliphatic carbocycles. The molecule has 0 N–H and O–H groups in total. The van der Waals surface area contributed by atoms with Crippen LogP contribution in [0.3, 0.4) is 0 Å². The summed E-state index contributed by atoms with van der Waals surface area (Å²) in [7, 11) is -3.47. The molecule has 0 aliphatic rings. The molecule has 18 heavy (non-hydrogen) atoms. The van der Waals surface area contributed by atoms with E-state index in [1.807, 2.05) is 20.8 Å². The highest BCUT2D eigenvalue weighted by atomic mass is 32.2. The number of rotatable bonds is 4. The summed E-state index contributed by atoms with van der Waals surface area (Å²) >= 11 is 0. The molecule has 0 aromatic heterocycles. The van der Waals surface area contributed by atoms with E-state index in [0.29, 0.717) is 4.90 Å². The van der Waals surface area contributed by atoms with E-state index < -0.39 is 9.84 Å². The molecule has 1 aromatic carbocycles. The highest BCUT2D eigenvalue weighted by Gasteiger charge is 2.17. The van der Waals surface area contributed by atoms with Gasteiger partial charge in [0.05, 0.1) is 9.80 Å². The van der Waals surface area contributed by atoms with E-state index in [2.05, 4.69) is 6.58 Å². The maximum absolute atomic E-state index is 12.3. The third-order valence-electron chi connectivity index (χ3n) is 2.42. The predicted molar refractivity (Wildman–Crippen MR) is 76.1 cm³/mol. The number of allylic oxidation sites excluding steroid dienone is 4. The van der Waals surface area contributed by atoms with Crippen molar-refractivity contribution in [3.05, 3.63) is 65.1 Å². The van der Waals surface area contributed by atoms with Crippen molar-refractivity contribution in [3.63, 3.8) is 0 Å². The van der Waals surface area contributed by atoms with Gasteiger partial charge in [0.1, 0.15) is 0 Å². The lowest BCUT2D eigenvalue weighted by atomic mass is 10.2. The lowest BCUT2D eigenvalue weighted by Crippen LogP contribution is -2.02. The first-order valence-corrected chi connectivity index (χ1v) is 7.15. The van der Waals surface area contributed by atoms with Crippen molar-refractivity contribution < 1.29 is 8.42 Å². The predicted octanol–water partition coefficient (Wildman–Crippen LogP) is 3.80. The lowest BCUT2D eigenvalue weighted by Gasteiger charge is -2.05. The van der Waals surface area contributed by atoms with Crippen LogP contribution < -0.4 is 0 Å². The zero-order valence-corrected chi connectivity index (χ0v) is 11.8. The van der Waals surface area contributed by atoms with Gasteiger partial charge in [0.25, 0.3) is 0 Å². The largest absolute Gasteiger partial charge is 0.219 e. The van der Waals surface area contributed by atoms with Crippen LogP contribution in [0, 0.1) is 6.92 Å². The van der Waals surface area contributed by atoms with Crippen molar-refractivity contribution >= 4 is 9.84 Å². The molecule has 0 saturated carbocycles. The second kappa shape index (κ2) is 5.83. The van der Waals surface area contributed by atoms with Crippen molar-refractivity contribution in [2.24, 2.45) is 0 Å². The van der Waals surface area contributed by atoms with Crippen molar-refractivity contribution in [1.82, 2.24) is 0 Å². The summed E-state index contributed by atoms with van der Waals surface area (Å²) < 4.78 is 24.6. The zero-order chi connectivity index (χ0) is 13.8. The number of hydrogen-bond acceptors (Lipinski definition) is 2. The smallest absolute Gasteiger partial charge is 0.206 e. The second-order valence-corrected chi connectivity index (χ2v) is 6.28. The Labute approximate surface area is 109 Å². The van der Waals surface area contributed by atoms with E-state index in [4.69, 9.17) is 0 Å². The topological polar surface area (TPSA) is 34.1 Å². The maximum Gasteiger partial charge on any atom is 0.206 e. The Morgan fingerprint density at radius 2 is 1.67 bits per heavy atom. The minimum atomic E-state index is -3.47. The first-order chi connectivity index (χ1) is 8.37. The average molecular weight is 262 g/mol. The standard InChI is InChI=1S/C15H18O2S/c1-5-14(9-6-12(2)3)18(16,17)15-10-7-13(4)8-11-15/h5-11H,1H2,2-4H3/b14-9+. The van der Waals surface area contributed by atoms with Crippen LogP contribution in [0.5, 0.6) is 0 Å². The molecule has 1 aromatic rings. The molecule has 0 radical (unpaired) electrons. The van der Waals surface area contributed by atoms with Gasteiger partial charge in [0, 0.05) is 0 Å². The molecule has 0 bridgehead atoms. The molecule has 2 nitrogen and oxygen atoms in total. The normalized spacial score (nSPS) is 12.1. The highest BCUT2D eigenvalue weighted by molar-refractivity contribution is 7.95. The second-order valence-electron chi connectivity index (χ2n) is 4.33. The quantitative estimate of drug-likeness (QED) is 0.773. The molecular formula is C15H18O2S. The molecule has 0 unspecified atom stereocenters. The van der Waals surface area contributed by atoms with Crippen LogP contribution in [-0.2, 0) is 9.84 Å². The SMILES string of the molecule is C=C/C(=C\C=C(C)C)S(=O)(=O)c1ccc(C)cc1. The summed E-state index contributed by atoms with van der Waals surface area (Å²) in [6.45, 7) is 9.32. The number of benzene rings is 1. The molecule has 0 atom stereocenters. The van der Waals surface area contributed by atoms with Crippen LogP contribution in [0.1, 0.15) is 19.4 Å². The van der Waals surface area contributed by atoms with Crippen LogP contribution in [-0.4, -0.2) is 8.42 Å². The molecule has 0 amide bonds. The van der Waals surface area contributed by atoms with Crippen molar-refractivity contribution in [3.8, 4) is 0 Å². The van der Waals surface area contributed by atoms with E-state index in [-0.39, 0.29) is 4.91 Å². The molecule has 0 heterocycles. The van der Waals surface area contributed by atoms with Gasteiger partial charge in [-0.2, -0.15) is 0 Å². The van der Waals surface area contributed by atoms with Gasteiger partial charge in [-0.25, -0.2) is 8.42 Å². The van der Waals surface area contributed by atoms with Crippen molar-refractivity contribution in [2.75, 3.05) is 0 Å². The fraction of sp³-hybridized carbons (Fsp3) is 0.200. The third kappa shape index (κ3) is 3.44. The van der Waals surface area contributed by atoms with E-state index in [0.717, 1.165) is 11.1 Å². The van der Waals surface area contributed by atoms with E-state index in [9.17, 15) is 8.42 Å². The molecule has 3 heteroatoms. The van der Waals surface area contributed by atoms with E-state index in [1.54, 1.807) is 36.4 Å². The van der Waals surface area contributed by atoms with Gasteiger partial charge in [-0.1, -0.05) is 42.0 Å². The molecule has 1 rings (SSSR count). The van der Waals surface area contributed by atoms with Crippen molar-refractivity contribution in [1.29, 1.82) is 0 Å². The van der Waals surface area contributed by atoms with Gasteiger partial charge in [-0.3, -0.25) is 0 Å². The lowest BCUT2D eigenvalue weighted by molar-refractivity contribution is 0.603. The van der Waals surface area contributed by atoms with Gasteiger partial charge in [-0.05, 0) is 39.0 Å². The van der Waals surface area contributed by atoms with Crippen LogP contribution >= 0.6 is 0 Å². The Morgan fingerprint density at radius 3 is 2.11 bits per heavy atom. The summed E-state index contributed by atoms with van der Waals surface area (Å²) in [5.74, 6) is 0. The third-order valence-corrected chi connectivity index (χ3v) is 4.24. The Morgan fingerprint density at radius 1 is 1.11 bits per heavy atom. The van der Waals surface area contributed by atoms with Gasteiger partial charge in [0.2, 0.25) is 9.84 Å². The zero-order valence-electron chi connectivity index (χ0n) is 11.0. The van der Waals surface area contributed by atoms with Crippen LogP contribution in [0.4, 0.5) is 0 Å². The molecule has 0 aliphatic heterocycles. The van der Waals surface area contributed by atoms with E-state index >= 15 is 0 Å². The summed E-state index contributed by atoms with van der Waals surface area (Å²) in [6, 6.07) is 6.80. The van der Waals surface area contributed by atoms with Crippen molar-refractivity contribution in [2.45, 2.75) is 25.7 Å². The van der Waals surface area contributed by atoms with E-state index in [1.165, 1.54) is 6.08 Å². The van der Waals surface area contributed by atoms with Gasteiger partial charge in [-0.15, -0.1) is 0 Å². The molecule has 96 valence electrons. The number of hydrogen-bond donors (Lipinski definition) is 0. The fourth-order valence-corrected chi connectivity index (χ4v) is 2.60. The first-order valence-electron chi connectivity index (χ1n) is 5.67. The minimum absolute atomic E-state index is 0.215. The molecular weight excluding hydrogens is 244 g/mol. The van der Waals surface area contributed by atoms with Crippen LogP contribution in [0.2, 0.25) is 0 Å². The highest BCUT2D eigenvalue weighted by Crippen LogP contribution is 2.20. The summed E-state index contributed by atoms with van der Waals surface area (Å²) in [4.78, 5) is 0.508. The molecule has 0 spiro atoms. The monoisotopic (exact) mass is 262 g/mol. The Bertz CT molecular complexity index is 584. The Balaban J connectivity index is 3.28.